The van der Waals surface area contributed by atoms with Gasteiger partial charge in [-0.05, 0) is 13.8 Å². The zero-order chi connectivity index (χ0) is 9.30. The van der Waals surface area contributed by atoms with Crippen LogP contribution in [0.15, 0.2) is 10.9 Å². The molecule has 1 heterocycles. The molecule has 0 aromatic carbocycles. The van der Waals surface area contributed by atoms with Crippen LogP contribution in [-0.4, -0.2) is 15.2 Å². The van der Waals surface area contributed by atoms with Crippen molar-refractivity contribution in [2.75, 3.05) is 0 Å². The van der Waals surface area contributed by atoms with Crippen LogP contribution in [0.2, 0.25) is 0 Å². The summed E-state index contributed by atoms with van der Waals surface area (Å²) >= 11 is 0. The number of aliphatic hydroxyl groups is 1. The topological polar surface area (TPSA) is 73.3 Å². The second-order valence-corrected chi connectivity index (χ2v) is 2.75. The first kappa shape index (κ1) is 8.80. The summed E-state index contributed by atoms with van der Waals surface area (Å²) in [6.45, 7) is 3.16. The molecule has 4 heteroatoms. The molecule has 0 saturated heterocycles. The van der Waals surface area contributed by atoms with Crippen molar-refractivity contribution in [2.24, 2.45) is 0 Å². The molecule has 1 rings (SSSR count). The first-order valence-corrected chi connectivity index (χ1v) is 3.63. The first-order valence-electron chi connectivity index (χ1n) is 3.63. The van der Waals surface area contributed by atoms with Crippen molar-refractivity contribution in [2.45, 2.75) is 20.0 Å². The average Bonchev–Trinajstić information content (AvgIpc) is 1.96. The number of hydrogen-bond donors (Lipinski definition) is 3. The molecule has 0 bridgehead atoms. The Hall–Kier alpha value is -1.29. The highest BCUT2D eigenvalue weighted by molar-refractivity contribution is 5.29. The third-order valence-corrected chi connectivity index (χ3v) is 1.59. The summed E-state index contributed by atoms with van der Waals surface area (Å²) in [5.74, 6) is -0.407. The predicted octanol–water partition coefficient (Wildman–Crippen LogP) is 0.442. The van der Waals surface area contributed by atoms with E-state index in [0.717, 1.165) is 0 Å². The summed E-state index contributed by atoms with van der Waals surface area (Å²) in [5.41, 5.74) is 0.316. The lowest BCUT2D eigenvalue weighted by Crippen LogP contribution is -2.08. The summed E-state index contributed by atoms with van der Waals surface area (Å²) in [5, 5.41) is 18.3. The van der Waals surface area contributed by atoms with Gasteiger partial charge in [-0.25, -0.2) is 0 Å². The van der Waals surface area contributed by atoms with E-state index in [-0.39, 0.29) is 5.69 Å². The molecule has 1 atom stereocenters. The van der Waals surface area contributed by atoms with Gasteiger partial charge < -0.3 is 15.2 Å². The van der Waals surface area contributed by atoms with Crippen LogP contribution < -0.4 is 5.43 Å². The molecule has 0 aliphatic carbocycles. The third-order valence-electron chi connectivity index (χ3n) is 1.59. The molecule has 0 aliphatic heterocycles. The molecule has 0 aliphatic rings. The largest absolute Gasteiger partial charge is 0.503 e. The zero-order valence-electron chi connectivity index (χ0n) is 6.96. The molecular formula is C8H11NO3. The fraction of sp³-hybridized carbons (Fsp3) is 0.375. The van der Waals surface area contributed by atoms with Crippen LogP contribution in [-0.2, 0) is 0 Å². The molecule has 66 valence electrons. The van der Waals surface area contributed by atoms with Gasteiger partial charge in [-0.1, -0.05) is 0 Å². The second kappa shape index (κ2) is 2.98. The molecule has 1 unspecified atom stereocenters. The number of aromatic amines is 1. The van der Waals surface area contributed by atoms with Crippen molar-refractivity contribution in [1.29, 1.82) is 0 Å². The lowest BCUT2D eigenvalue weighted by molar-refractivity contribution is 0.189. The molecule has 12 heavy (non-hydrogen) atoms. The third kappa shape index (κ3) is 1.48. The number of aliphatic hydroxyl groups excluding tert-OH is 1. The fourth-order valence-corrected chi connectivity index (χ4v) is 1.01. The van der Waals surface area contributed by atoms with E-state index >= 15 is 0 Å². The maximum absolute atomic E-state index is 11.0. The Morgan fingerprint density at radius 2 is 2.17 bits per heavy atom. The Labute approximate surface area is 69.5 Å². The van der Waals surface area contributed by atoms with E-state index in [9.17, 15) is 9.90 Å². The van der Waals surface area contributed by atoms with Gasteiger partial charge in [-0.2, -0.15) is 0 Å². The highest BCUT2D eigenvalue weighted by Crippen LogP contribution is 2.16. The van der Waals surface area contributed by atoms with Crippen molar-refractivity contribution in [1.82, 2.24) is 4.98 Å². The summed E-state index contributed by atoms with van der Waals surface area (Å²) in [6.07, 6.45) is -0.863. The molecule has 0 amide bonds. The van der Waals surface area contributed by atoms with E-state index in [1.54, 1.807) is 6.92 Å². The lowest BCUT2D eigenvalue weighted by Gasteiger charge is -2.07. The Balaban J connectivity index is 3.38. The lowest BCUT2D eigenvalue weighted by atomic mass is 10.2. The minimum atomic E-state index is -0.863. The molecule has 4 nitrogen and oxygen atoms in total. The minimum absolute atomic E-state index is 0.167. The van der Waals surface area contributed by atoms with Crippen LogP contribution in [0.4, 0.5) is 0 Å². The Bertz CT molecular complexity index is 341. The minimum Gasteiger partial charge on any atom is -0.503 e. The maximum Gasteiger partial charge on any atom is 0.223 e. The number of nitrogens with one attached hydrogen (secondary N) is 1. The monoisotopic (exact) mass is 169 g/mol. The quantitative estimate of drug-likeness (QED) is 0.571. The zero-order valence-corrected chi connectivity index (χ0v) is 6.96. The van der Waals surface area contributed by atoms with Gasteiger partial charge in [-0.3, -0.25) is 4.79 Å². The number of H-pyrrole nitrogens is 1. The van der Waals surface area contributed by atoms with Gasteiger partial charge in [-0.15, -0.1) is 0 Å². The first-order chi connectivity index (χ1) is 5.52. The van der Waals surface area contributed by atoms with Crippen LogP contribution in [0.5, 0.6) is 5.75 Å². The van der Waals surface area contributed by atoms with Gasteiger partial charge in [0.2, 0.25) is 5.43 Å². The van der Waals surface area contributed by atoms with E-state index in [4.69, 9.17) is 5.11 Å². The van der Waals surface area contributed by atoms with Crippen LogP contribution in [0.25, 0.3) is 0 Å². The van der Waals surface area contributed by atoms with Gasteiger partial charge in [0.15, 0.2) is 5.75 Å². The fourth-order valence-electron chi connectivity index (χ4n) is 1.01. The smallest absolute Gasteiger partial charge is 0.223 e. The van der Waals surface area contributed by atoms with Gasteiger partial charge in [0.05, 0.1) is 11.8 Å². The molecule has 0 fully saturated rings. The number of aryl methyl sites for hydroxylation is 1. The Morgan fingerprint density at radius 3 is 2.67 bits per heavy atom. The highest BCUT2D eigenvalue weighted by Gasteiger charge is 2.10. The predicted molar refractivity (Wildman–Crippen MR) is 44.1 cm³/mol. The van der Waals surface area contributed by atoms with Crippen molar-refractivity contribution < 1.29 is 10.2 Å². The van der Waals surface area contributed by atoms with Crippen molar-refractivity contribution >= 4 is 0 Å². The SMILES string of the molecule is Cc1cc(=O)c(O)c(C(C)O)[nH]1. The van der Waals surface area contributed by atoms with Crippen molar-refractivity contribution in [3.63, 3.8) is 0 Å². The van der Waals surface area contributed by atoms with Gasteiger partial charge in [0.25, 0.3) is 0 Å². The summed E-state index contributed by atoms with van der Waals surface area (Å²) in [7, 11) is 0. The van der Waals surface area contributed by atoms with E-state index in [2.05, 4.69) is 4.98 Å². The van der Waals surface area contributed by atoms with E-state index in [1.165, 1.54) is 13.0 Å². The summed E-state index contributed by atoms with van der Waals surface area (Å²) < 4.78 is 0. The van der Waals surface area contributed by atoms with Gasteiger partial charge in [0.1, 0.15) is 0 Å². The second-order valence-electron chi connectivity index (χ2n) is 2.75. The highest BCUT2D eigenvalue weighted by atomic mass is 16.3. The van der Waals surface area contributed by atoms with Crippen LogP contribution in [0.3, 0.4) is 0 Å². The number of aromatic nitrogens is 1. The molecule has 0 radical (unpaired) electrons. The number of aromatic hydroxyl groups is 1. The molecule has 0 saturated carbocycles. The van der Waals surface area contributed by atoms with Crippen LogP contribution in [0.1, 0.15) is 24.4 Å². The molecule has 1 aromatic rings. The average molecular weight is 169 g/mol. The Kier molecular flexibility index (Phi) is 2.19. The molecule has 1 aromatic heterocycles. The Morgan fingerprint density at radius 1 is 1.58 bits per heavy atom. The summed E-state index contributed by atoms with van der Waals surface area (Å²) in [6, 6.07) is 1.28. The van der Waals surface area contributed by atoms with Gasteiger partial charge >= 0.3 is 0 Å². The van der Waals surface area contributed by atoms with E-state index < -0.39 is 17.3 Å². The number of pyridine rings is 1. The van der Waals surface area contributed by atoms with E-state index in [0.29, 0.717) is 5.69 Å². The number of rotatable bonds is 1. The van der Waals surface area contributed by atoms with Gasteiger partial charge in [0, 0.05) is 11.8 Å². The molecule has 0 spiro atoms. The molecule has 3 N–H and O–H groups in total. The molecular weight excluding hydrogens is 158 g/mol. The maximum atomic E-state index is 11.0. The normalized spacial score (nSPS) is 12.9. The van der Waals surface area contributed by atoms with Crippen molar-refractivity contribution in [3.05, 3.63) is 27.7 Å². The van der Waals surface area contributed by atoms with Crippen LogP contribution >= 0.6 is 0 Å². The van der Waals surface area contributed by atoms with E-state index in [1.807, 2.05) is 0 Å². The summed E-state index contributed by atoms with van der Waals surface area (Å²) in [4.78, 5) is 13.7. The van der Waals surface area contributed by atoms with Crippen LogP contribution in [0, 0.1) is 6.92 Å². The van der Waals surface area contributed by atoms with Crippen molar-refractivity contribution in [3.8, 4) is 5.75 Å². The number of hydrogen-bond acceptors (Lipinski definition) is 3. The standard InChI is InChI=1S/C8H11NO3/c1-4-3-6(11)8(12)7(9-4)5(2)10/h3,5,10,12H,1-2H3,(H,9,11).